The Kier molecular flexibility index (Phi) is 4.72. The van der Waals surface area contributed by atoms with Crippen LogP contribution in [0.5, 0.6) is 0 Å². The van der Waals surface area contributed by atoms with Gasteiger partial charge in [-0.05, 0) is 31.4 Å². The fraction of sp³-hybridized carbons (Fsp3) is 0.467. The molecule has 0 saturated heterocycles. The highest BCUT2D eigenvalue weighted by molar-refractivity contribution is 8.14. The summed E-state index contributed by atoms with van der Waals surface area (Å²) in [6, 6.07) is 3.57. The molecule has 1 fully saturated rings. The highest BCUT2D eigenvalue weighted by Crippen LogP contribution is 2.27. The number of fused-ring (bicyclic) bond motifs is 1. The molecular weight excluding hydrogens is 302 g/mol. The van der Waals surface area contributed by atoms with Gasteiger partial charge in [0.2, 0.25) is 5.91 Å². The number of amides is 2. The largest absolute Gasteiger partial charge is 0.467 e. The van der Waals surface area contributed by atoms with Gasteiger partial charge in [-0.25, -0.2) is 4.99 Å². The van der Waals surface area contributed by atoms with Crippen LogP contribution in [-0.4, -0.2) is 28.4 Å². The van der Waals surface area contributed by atoms with Crippen molar-refractivity contribution in [2.75, 3.05) is 5.75 Å². The third-order valence-electron chi connectivity index (χ3n) is 3.69. The molecule has 1 aliphatic heterocycles. The lowest BCUT2D eigenvalue weighted by atomic mass is 9.86. The standard InChI is InChI=1S/C15H17N3O3S/c19-13(16-8-10-4-3-7-21-10)9-22-15-17-12-6-2-1-5-11(12)14(20)18-15/h3-4,7,11H,1-2,5-6,8-9H2,(H,16,19). The van der Waals surface area contributed by atoms with Crippen LogP contribution in [0.4, 0.5) is 0 Å². The first kappa shape index (κ1) is 15.0. The summed E-state index contributed by atoms with van der Waals surface area (Å²) in [5.41, 5.74) is 0.935. The van der Waals surface area contributed by atoms with Gasteiger partial charge >= 0.3 is 0 Å². The molecule has 0 bridgehead atoms. The van der Waals surface area contributed by atoms with Gasteiger partial charge in [0.1, 0.15) is 5.76 Å². The molecule has 2 amide bonds. The zero-order valence-electron chi connectivity index (χ0n) is 12.1. The minimum absolute atomic E-state index is 0.108. The van der Waals surface area contributed by atoms with Gasteiger partial charge in [0.05, 0.1) is 24.5 Å². The van der Waals surface area contributed by atoms with Crippen LogP contribution in [0.2, 0.25) is 0 Å². The van der Waals surface area contributed by atoms with E-state index in [4.69, 9.17) is 4.42 Å². The third kappa shape index (κ3) is 3.65. The molecule has 3 rings (SSSR count). The van der Waals surface area contributed by atoms with Crippen molar-refractivity contribution in [3.63, 3.8) is 0 Å². The molecule has 7 heteroatoms. The number of thioether (sulfide) groups is 1. The maximum Gasteiger partial charge on any atom is 0.256 e. The molecule has 1 atom stereocenters. The van der Waals surface area contributed by atoms with Crippen molar-refractivity contribution < 1.29 is 14.0 Å². The summed E-state index contributed by atoms with van der Waals surface area (Å²) in [5.74, 6) is 0.527. The minimum Gasteiger partial charge on any atom is -0.467 e. The Bertz CT molecular complexity index is 622. The topological polar surface area (TPSA) is 84.0 Å². The molecule has 0 aromatic carbocycles. The first-order chi connectivity index (χ1) is 10.7. The lowest BCUT2D eigenvalue weighted by molar-refractivity contribution is -0.120. The summed E-state index contributed by atoms with van der Waals surface area (Å²) >= 11 is 1.20. The van der Waals surface area contributed by atoms with E-state index in [1.54, 1.807) is 18.4 Å². The van der Waals surface area contributed by atoms with Gasteiger partial charge in [0.25, 0.3) is 5.91 Å². The lowest BCUT2D eigenvalue weighted by Crippen LogP contribution is -2.31. The summed E-state index contributed by atoms with van der Waals surface area (Å²) in [4.78, 5) is 32.2. The predicted octanol–water partition coefficient (Wildman–Crippen LogP) is 2.16. The second-order valence-corrected chi connectivity index (χ2v) is 6.22. The highest BCUT2D eigenvalue weighted by atomic mass is 32.2. The highest BCUT2D eigenvalue weighted by Gasteiger charge is 2.30. The molecule has 1 saturated carbocycles. The van der Waals surface area contributed by atoms with E-state index in [2.05, 4.69) is 15.3 Å². The molecule has 0 radical (unpaired) electrons. The smallest absolute Gasteiger partial charge is 0.256 e. The fourth-order valence-electron chi connectivity index (χ4n) is 2.56. The second kappa shape index (κ2) is 6.91. The summed E-state index contributed by atoms with van der Waals surface area (Å²) < 4.78 is 5.14. The van der Waals surface area contributed by atoms with Crippen LogP contribution < -0.4 is 5.32 Å². The Morgan fingerprint density at radius 2 is 2.32 bits per heavy atom. The number of furan rings is 1. The van der Waals surface area contributed by atoms with Crippen molar-refractivity contribution >= 4 is 34.5 Å². The molecule has 116 valence electrons. The number of nitrogens with zero attached hydrogens (tertiary/aromatic N) is 2. The van der Waals surface area contributed by atoms with Gasteiger partial charge in [-0.2, -0.15) is 4.99 Å². The first-order valence-corrected chi connectivity index (χ1v) is 8.33. The SMILES string of the molecule is O=C(CSC1=NC(=O)C2CCCCC2=N1)NCc1ccco1. The van der Waals surface area contributed by atoms with Crippen LogP contribution in [0.25, 0.3) is 0 Å². The number of hydrogen-bond donors (Lipinski definition) is 1. The van der Waals surface area contributed by atoms with E-state index >= 15 is 0 Å². The van der Waals surface area contributed by atoms with Crippen LogP contribution in [0.1, 0.15) is 31.4 Å². The van der Waals surface area contributed by atoms with Crippen LogP contribution in [-0.2, 0) is 16.1 Å². The molecule has 1 N–H and O–H groups in total. The normalized spacial score (nSPS) is 20.9. The molecule has 22 heavy (non-hydrogen) atoms. The summed E-state index contributed by atoms with van der Waals surface area (Å²) in [6.07, 6.45) is 5.41. The Balaban J connectivity index is 1.49. The van der Waals surface area contributed by atoms with Crippen LogP contribution in [0.3, 0.4) is 0 Å². The molecule has 1 aromatic heterocycles. The average Bonchev–Trinajstić information content (AvgIpc) is 3.04. The second-order valence-electron chi connectivity index (χ2n) is 5.28. The van der Waals surface area contributed by atoms with Crippen molar-refractivity contribution in [1.29, 1.82) is 0 Å². The number of amidine groups is 1. The van der Waals surface area contributed by atoms with Gasteiger partial charge in [-0.1, -0.05) is 18.2 Å². The molecule has 1 unspecified atom stereocenters. The summed E-state index contributed by atoms with van der Waals surface area (Å²) in [6.45, 7) is 0.356. The molecule has 0 spiro atoms. The van der Waals surface area contributed by atoms with Crippen LogP contribution >= 0.6 is 11.8 Å². The van der Waals surface area contributed by atoms with Crippen molar-refractivity contribution in [3.05, 3.63) is 24.2 Å². The van der Waals surface area contributed by atoms with E-state index in [9.17, 15) is 9.59 Å². The lowest BCUT2D eigenvalue weighted by Gasteiger charge is -2.24. The number of aliphatic imine (C=N–C) groups is 2. The van der Waals surface area contributed by atoms with Crippen molar-refractivity contribution in [3.8, 4) is 0 Å². The Morgan fingerprint density at radius 1 is 1.41 bits per heavy atom. The first-order valence-electron chi connectivity index (χ1n) is 7.34. The van der Waals surface area contributed by atoms with E-state index in [1.807, 2.05) is 0 Å². The molecule has 2 heterocycles. The van der Waals surface area contributed by atoms with Gasteiger partial charge in [-0.3, -0.25) is 9.59 Å². The summed E-state index contributed by atoms with van der Waals surface area (Å²) in [7, 11) is 0. The van der Waals surface area contributed by atoms with Gasteiger partial charge in [0, 0.05) is 5.71 Å². The van der Waals surface area contributed by atoms with E-state index in [-0.39, 0.29) is 23.5 Å². The molecular formula is C15H17N3O3S. The van der Waals surface area contributed by atoms with Gasteiger partial charge < -0.3 is 9.73 Å². The van der Waals surface area contributed by atoms with E-state index in [1.165, 1.54) is 11.8 Å². The average molecular weight is 319 g/mol. The number of hydrogen-bond acceptors (Lipinski definition) is 5. The van der Waals surface area contributed by atoms with Crippen molar-refractivity contribution in [1.82, 2.24) is 5.32 Å². The number of carbonyl (C=O) groups is 2. The maximum absolute atomic E-state index is 12.0. The van der Waals surface area contributed by atoms with Crippen LogP contribution in [0.15, 0.2) is 32.8 Å². The molecule has 6 nitrogen and oxygen atoms in total. The van der Waals surface area contributed by atoms with Gasteiger partial charge in [0.15, 0.2) is 5.17 Å². The van der Waals surface area contributed by atoms with E-state index in [0.29, 0.717) is 17.5 Å². The number of nitrogens with one attached hydrogen (secondary N) is 1. The zero-order valence-corrected chi connectivity index (χ0v) is 12.9. The van der Waals surface area contributed by atoms with Crippen molar-refractivity contribution in [2.24, 2.45) is 15.9 Å². The minimum atomic E-state index is -0.137. The maximum atomic E-state index is 12.0. The predicted molar refractivity (Wildman–Crippen MR) is 84.8 cm³/mol. The number of carbonyl (C=O) groups excluding carboxylic acids is 2. The third-order valence-corrected chi connectivity index (χ3v) is 4.54. The zero-order chi connectivity index (χ0) is 15.4. The Labute approximate surface area is 132 Å². The Hall–Kier alpha value is -1.89. The molecule has 2 aliphatic rings. The molecule has 1 aromatic rings. The fourth-order valence-corrected chi connectivity index (χ4v) is 3.26. The van der Waals surface area contributed by atoms with E-state index in [0.717, 1.165) is 31.4 Å². The monoisotopic (exact) mass is 319 g/mol. The van der Waals surface area contributed by atoms with Gasteiger partial charge in [-0.15, -0.1) is 0 Å². The number of rotatable bonds is 4. The Morgan fingerprint density at radius 3 is 3.14 bits per heavy atom. The quantitative estimate of drug-likeness (QED) is 0.921. The summed E-state index contributed by atoms with van der Waals surface area (Å²) in [5, 5.41) is 3.16. The molecule has 1 aliphatic carbocycles. The van der Waals surface area contributed by atoms with E-state index < -0.39 is 0 Å². The van der Waals surface area contributed by atoms with Crippen LogP contribution in [0, 0.1) is 5.92 Å². The van der Waals surface area contributed by atoms with Crippen molar-refractivity contribution in [2.45, 2.75) is 32.2 Å².